The van der Waals surface area contributed by atoms with Crippen LogP contribution in [-0.4, -0.2) is 42.8 Å². The first kappa shape index (κ1) is 15.6. The summed E-state index contributed by atoms with van der Waals surface area (Å²) < 4.78 is 5.06. The predicted octanol–water partition coefficient (Wildman–Crippen LogP) is 3.02. The molecule has 0 aromatic carbocycles. The van der Waals surface area contributed by atoms with Gasteiger partial charge in [-0.15, -0.1) is 0 Å². The van der Waals surface area contributed by atoms with Crippen LogP contribution in [0.1, 0.15) is 52.9 Å². The molecule has 0 spiro atoms. The lowest BCUT2D eigenvalue weighted by atomic mass is 9.80. The summed E-state index contributed by atoms with van der Waals surface area (Å²) in [6.07, 6.45) is 5.95. The second-order valence-electron chi connectivity index (χ2n) is 6.74. The van der Waals surface area contributed by atoms with Gasteiger partial charge in [0.1, 0.15) is 0 Å². The Morgan fingerprint density at radius 3 is 2.25 bits per heavy atom. The number of carbonyl (C=O) groups excluding carboxylic acids is 1. The van der Waals surface area contributed by atoms with Crippen molar-refractivity contribution in [1.82, 2.24) is 10.2 Å². The van der Waals surface area contributed by atoms with E-state index in [-0.39, 0.29) is 6.09 Å². The number of nitrogens with zero attached hydrogens (tertiary/aromatic N) is 1. The Morgan fingerprint density at radius 1 is 1.10 bits per heavy atom. The maximum absolute atomic E-state index is 11.7. The van der Waals surface area contributed by atoms with E-state index in [1.54, 1.807) is 0 Å². The van der Waals surface area contributed by atoms with Crippen LogP contribution in [0, 0.1) is 11.8 Å². The van der Waals surface area contributed by atoms with Crippen molar-refractivity contribution < 1.29 is 9.53 Å². The van der Waals surface area contributed by atoms with Crippen molar-refractivity contribution in [3.63, 3.8) is 0 Å². The minimum Gasteiger partial charge on any atom is -0.450 e. The van der Waals surface area contributed by atoms with E-state index in [1.807, 2.05) is 11.8 Å². The van der Waals surface area contributed by atoms with Gasteiger partial charge >= 0.3 is 6.09 Å². The zero-order chi connectivity index (χ0) is 14.5. The lowest BCUT2D eigenvalue weighted by molar-refractivity contribution is 0.0925. The SMILES string of the molecule is CCOC(=O)N1CCC(NC2CC(C)CC(C)C2)CC1. The number of hydrogen-bond donors (Lipinski definition) is 1. The van der Waals surface area contributed by atoms with Crippen LogP contribution in [-0.2, 0) is 4.74 Å². The van der Waals surface area contributed by atoms with Crippen LogP contribution in [0.2, 0.25) is 0 Å². The fraction of sp³-hybridized carbons (Fsp3) is 0.938. The molecule has 1 aliphatic heterocycles. The highest BCUT2D eigenvalue weighted by molar-refractivity contribution is 5.67. The average Bonchev–Trinajstić information content (AvgIpc) is 2.38. The molecule has 116 valence electrons. The van der Waals surface area contributed by atoms with Crippen LogP contribution in [0.3, 0.4) is 0 Å². The molecule has 1 saturated heterocycles. The van der Waals surface area contributed by atoms with Crippen LogP contribution in [0.4, 0.5) is 4.79 Å². The maximum atomic E-state index is 11.7. The van der Waals surface area contributed by atoms with E-state index < -0.39 is 0 Å². The summed E-state index contributed by atoms with van der Waals surface area (Å²) in [6.45, 7) is 8.72. The van der Waals surface area contributed by atoms with E-state index in [2.05, 4.69) is 19.2 Å². The van der Waals surface area contributed by atoms with Crippen LogP contribution in [0.25, 0.3) is 0 Å². The van der Waals surface area contributed by atoms with Crippen molar-refractivity contribution in [3.8, 4) is 0 Å². The molecule has 20 heavy (non-hydrogen) atoms. The summed E-state index contributed by atoms with van der Waals surface area (Å²) in [5.74, 6) is 1.69. The molecule has 1 aliphatic carbocycles. The van der Waals surface area contributed by atoms with Crippen LogP contribution in [0.5, 0.6) is 0 Å². The molecule has 2 unspecified atom stereocenters. The van der Waals surface area contributed by atoms with E-state index in [0.717, 1.165) is 37.8 Å². The number of ether oxygens (including phenoxy) is 1. The van der Waals surface area contributed by atoms with Gasteiger partial charge < -0.3 is 15.0 Å². The van der Waals surface area contributed by atoms with Crippen LogP contribution in [0.15, 0.2) is 0 Å². The molecule has 2 aliphatic rings. The molecule has 0 aromatic heterocycles. The summed E-state index contributed by atoms with van der Waals surface area (Å²) in [5, 5.41) is 3.83. The monoisotopic (exact) mass is 282 g/mol. The highest BCUT2D eigenvalue weighted by Crippen LogP contribution is 2.29. The highest BCUT2D eigenvalue weighted by atomic mass is 16.6. The Hall–Kier alpha value is -0.770. The van der Waals surface area contributed by atoms with Gasteiger partial charge in [-0.3, -0.25) is 0 Å². The minimum absolute atomic E-state index is 0.147. The molecule has 2 rings (SSSR count). The number of carbonyl (C=O) groups is 1. The highest BCUT2D eigenvalue weighted by Gasteiger charge is 2.28. The summed E-state index contributed by atoms with van der Waals surface area (Å²) in [5.41, 5.74) is 0. The number of likely N-dealkylation sites (tertiary alicyclic amines) is 1. The van der Waals surface area contributed by atoms with Crippen molar-refractivity contribution in [3.05, 3.63) is 0 Å². The molecule has 0 aromatic rings. The average molecular weight is 282 g/mol. The first-order valence-electron chi connectivity index (χ1n) is 8.26. The molecule has 2 atom stereocenters. The first-order chi connectivity index (χ1) is 9.58. The largest absolute Gasteiger partial charge is 0.450 e. The third kappa shape index (κ3) is 4.37. The van der Waals surface area contributed by atoms with Gasteiger partial charge in [0.2, 0.25) is 0 Å². The lowest BCUT2D eigenvalue weighted by Gasteiger charge is -2.38. The second kappa shape index (κ2) is 7.30. The summed E-state index contributed by atoms with van der Waals surface area (Å²) in [7, 11) is 0. The van der Waals surface area contributed by atoms with Gasteiger partial charge in [0.15, 0.2) is 0 Å². The number of piperidine rings is 1. The molecule has 0 bridgehead atoms. The van der Waals surface area contributed by atoms with Gasteiger partial charge in [-0.05, 0) is 50.9 Å². The minimum atomic E-state index is -0.147. The van der Waals surface area contributed by atoms with Crippen molar-refractivity contribution >= 4 is 6.09 Å². The smallest absolute Gasteiger partial charge is 0.409 e. The summed E-state index contributed by atoms with van der Waals surface area (Å²) >= 11 is 0. The van der Waals surface area contributed by atoms with E-state index in [4.69, 9.17) is 4.74 Å². The Morgan fingerprint density at radius 2 is 1.70 bits per heavy atom. The third-order valence-corrected chi connectivity index (χ3v) is 4.67. The van der Waals surface area contributed by atoms with Crippen molar-refractivity contribution in [2.24, 2.45) is 11.8 Å². The second-order valence-corrected chi connectivity index (χ2v) is 6.74. The molecule has 1 saturated carbocycles. The van der Waals surface area contributed by atoms with Crippen molar-refractivity contribution in [2.75, 3.05) is 19.7 Å². The van der Waals surface area contributed by atoms with Gasteiger partial charge in [-0.25, -0.2) is 4.79 Å². The molecule has 2 fully saturated rings. The Bertz CT molecular complexity index is 304. The van der Waals surface area contributed by atoms with Gasteiger partial charge in [0.05, 0.1) is 6.61 Å². The molecule has 4 nitrogen and oxygen atoms in total. The van der Waals surface area contributed by atoms with Crippen molar-refractivity contribution in [2.45, 2.75) is 65.0 Å². The Kier molecular flexibility index (Phi) is 5.70. The first-order valence-corrected chi connectivity index (χ1v) is 8.26. The van der Waals surface area contributed by atoms with Gasteiger partial charge in [-0.1, -0.05) is 13.8 Å². The molecular formula is C16H30N2O2. The number of rotatable bonds is 3. The van der Waals surface area contributed by atoms with E-state index in [1.165, 1.54) is 19.3 Å². The van der Waals surface area contributed by atoms with E-state index in [9.17, 15) is 4.79 Å². The fourth-order valence-corrected chi connectivity index (χ4v) is 3.86. The number of hydrogen-bond acceptors (Lipinski definition) is 3. The van der Waals surface area contributed by atoms with Crippen LogP contribution >= 0.6 is 0 Å². The van der Waals surface area contributed by atoms with Gasteiger partial charge in [-0.2, -0.15) is 0 Å². The topological polar surface area (TPSA) is 41.6 Å². The van der Waals surface area contributed by atoms with Crippen molar-refractivity contribution in [1.29, 1.82) is 0 Å². The maximum Gasteiger partial charge on any atom is 0.409 e. The molecular weight excluding hydrogens is 252 g/mol. The molecule has 4 heteroatoms. The Labute approximate surface area is 123 Å². The fourth-order valence-electron chi connectivity index (χ4n) is 3.86. The van der Waals surface area contributed by atoms with Gasteiger partial charge in [0.25, 0.3) is 0 Å². The molecule has 1 N–H and O–H groups in total. The zero-order valence-corrected chi connectivity index (χ0v) is 13.2. The number of nitrogens with one attached hydrogen (secondary N) is 1. The Balaban J connectivity index is 1.72. The lowest BCUT2D eigenvalue weighted by Crippen LogP contribution is -2.49. The van der Waals surface area contributed by atoms with Gasteiger partial charge in [0, 0.05) is 25.2 Å². The van der Waals surface area contributed by atoms with Crippen LogP contribution < -0.4 is 5.32 Å². The molecule has 1 amide bonds. The summed E-state index contributed by atoms with van der Waals surface area (Å²) in [4.78, 5) is 13.5. The van der Waals surface area contributed by atoms with E-state index >= 15 is 0 Å². The third-order valence-electron chi connectivity index (χ3n) is 4.67. The molecule has 1 heterocycles. The quantitative estimate of drug-likeness (QED) is 0.865. The standard InChI is InChI=1S/C16H30N2O2/c1-4-20-16(19)18-7-5-14(6-8-18)17-15-10-12(2)9-13(3)11-15/h12-15,17H,4-11H2,1-3H3. The zero-order valence-electron chi connectivity index (χ0n) is 13.2. The van der Waals surface area contributed by atoms with E-state index in [0.29, 0.717) is 18.7 Å². The molecule has 0 radical (unpaired) electrons. The summed E-state index contributed by atoms with van der Waals surface area (Å²) in [6, 6.07) is 1.25. The normalized spacial score (nSPS) is 32.1. The number of amides is 1. The predicted molar refractivity (Wildman–Crippen MR) is 80.7 cm³/mol.